The Balaban J connectivity index is 2.09. The molecule has 0 fully saturated rings. The number of aromatic carboxylic acids is 1. The molecule has 0 amide bonds. The molecular weight excluding hydrogens is 557 g/mol. The van der Waals surface area contributed by atoms with Crippen LogP contribution in [0.3, 0.4) is 0 Å². The summed E-state index contributed by atoms with van der Waals surface area (Å²) in [6.45, 7) is 22.9. The number of carboxylic acids is 1. The summed E-state index contributed by atoms with van der Waals surface area (Å²) in [5, 5.41) is 9.39. The molecule has 5 nitrogen and oxygen atoms in total. The summed E-state index contributed by atoms with van der Waals surface area (Å²) in [6.07, 6.45) is 6.41. The van der Waals surface area contributed by atoms with E-state index in [0.717, 1.165) is 46.9 Å². The third kappa shape index (κ3) is 7.09. The van der Waals surface area contributed by atoms with E-state index < -0.39 is 14.3 Å². The van der Waals surface area contributed by atoms with Crippen molar-refractivity contribution in [2.24, 2.45) is 0 Å². The number of benzene rings is 1. The summed E-state index contributed by atoms with van der Waals surface area (Å²) in [5.41, 5.74) is 3.09. The van der Waals surface area contributed by atoms with E-state index in [2.05, 4.69) is 85.6 Å². The second-order valence-corrected chi connectivity index (χ2v) is 20.5. The van der Waals surface area contributed by atoms with Crippen molar-refractivity contribution in [2.45, 2.75) is 123 Å². The Bertz CT molecular complexity index is 1140. The van der Waals surface area contributed by atoms with E-state index in [9.17, 15) is 9.90 Å². The van der Waals surface area contributed by atoms with Crippen molar-refractivity contribution in [3.63, 3.8) is 0 Å². The second kappa shape index (κ2) is 11.4. The van der Waals surface area contributed by atoms with Crippen LogP contribution in [-0.2, 0) is 15.3 Å². The van der Waals surface area contributed by atoms with E-state index in [1.807, 2.05) is 6.07 Å². The van der Waals surface area contributed by atoms with Crippen molar-refractivity contribution in [2.75, 3.05) is 0 Å². The zero-order chi connectivity index (χ0) is 28.5. The molecule has 0 saturated heterocycles. The van der Waals surface area contributed by atoms with Gasteiger partial charge in [0.05, 0.1) is 0 Å². The topological polar surface area (TPSA) is 68.7 Å². The van der Waals surface area contributed by atoms with Gasteiger partial charge in [-0.3, -0.25) is 0 Å². The van der Waals surface area contributed by atoms with Crippen LogP contribution in [0.15, 0.2) is 30.5 Å². The number of pyridine rings is 1. The zero-order valence-electron chi connectivity index (χ0n) is 25.0. The van der Waals surface area contributed by atoms with Crippen LogP contribution in [0, 0.1) is 0 Å². The van der Waals surface area contributed by atoms with E-state index in [1.54, 1.807) is 6.07 Å². The van der Waals surface area contributed by atoms with Crippen molar-refractivity contribution in [3.05, 3.63) is 47.2 Å². The first kappa shape index (κ1) is 30.9. The molecule has 0 spiro atoms. The molecule has 3 rings (SSSR count). The molecule has 2 aromatic rings. The molecule has 1 N–H and O–H groups in total. The van der Waals surface area contributed by atoms with Gasteiger partial charge in [0.15, 0.2) is 0 Å². The molecule has 7 heteroatoms. The number of ether oxygens (including phenoxy) is 1. The molecular formula is C31H47NO4SeSi. The van der Waals surface area contributed by atoms with Gasteiger partial charge in [0.25, 0.3) is 0 Å². The molecule has 1 atom stereocenters. The molecule has 1 aliphatic carbocycles. The maximum atomic E-state index is 11.3. The van der Waals surface area contributed by atoms with Gasteiger partial charge in [-0.05, 0) is 0 Å². The molecule has 1 aromatic heterocycles. The fourth-order valence-electron chi connectivity index (χ4n) is 4.59. The predicted octanol–water partition coefficient (Wildman–Crippen LogP) is 6.70. The fourth-order valence-corrected chi connectivity index (χ4v) is 7.55. The fraction of sp³-hybridized carbons (Fsp3) is 0.613. The molecule has 0 saturated carbocycles. The number of carbonyl (C=O) groups is 1. The molecule has 210 valence electrons. The summed E-state index contributed by atoms with van der Waals surface area (Å²) >= 11 is -0.147. The van der Waals surface area contributed by atoms with Crippen LogP contribution in [0.1, 0.15) is 109 Å². The maximum absolute atomic E-state index is 11.3. The third-order valence-electron chi connectivity index (χ3n) is 8.40. The van der Waals surface area contributed by atoms with Gasteiger partial charge in [0.2, 0.25) is 0 Å². The Kier molecular flexibility index (Phi) is 9.30. The molecule has 0 aliphatic heterocycles. The van der Waals surface area contributed by atoms with Crippen molar-refractivity contribution < 1.29 is 19.1 Å². The van der Waals surface area contributed by atoms with Crippen LogP contribution in [0.5, 0.6) is 5.75 Å². The van der Waals surface area contributed by atoms with Gasteiger partial charge >= 0.3 is 238 Å². The van der Waals surface area contributed by atoms with Crippen molar-refractivity contribution in [3.8, 4) is 5.75 Å². The molecule has 1 heterocycles. The summed E-state index contributed by atoms with van der Waals surface area (Å²) in [4.78, 5) is 15.8. The zero-order valence-corrected chi connectivity index (χ0v) is 27.7. The van der Waals surface area contributed by atoms with E-state index in [-0.39, 0.29) is 42.7 Å². The van der Waals surface area contributed by atoms with E-state index >= 15 is 0 Å². The third-order valence-corrected chi connectivity index (χ3v) is 14.9. The summed E-state index contributed by atoms with van der Waals surface area (Å²) < 4.78 is 15.7. The first-order valence-electron chi connectivity index (χ1n) is 13.9. The van der Waals surface area contributed by atoms with Crippen LogP contribution in [0.4, 0.5) is 0 Å². The minimum atomic E-state index is -2.05. The van der Waals surface area contributed by atoms with Gasteiger partial charge in [0, 0.05) is 0 Å². The van der Waals surface area contributed by atoms with Crippen molar-refractivity contribution in [1.29, 1.82) is 0 Å². The van der Waals surface area contributed by atoms with Crippen LogP contribution in [-0.4, -0.2) is 45.6 Å². The van der Waals surface area contributed by atoms with E-state index in [1.165, 1.54) is 17.3 Å². The predicted molar refractivity (Wildman–Crippen MR) is 160 cm³/mol. The Hall–Kier alpha value is -1.66. The van der Waals surface area contributed by atoms with Crippen LogP contribution in [0.25, 0.3) is 0 Å². The van der Waals surface area contributed by atoms with Gasteiger partial charge < -0.3 is 0 Å². The Morgan fingerprint density at radius 1 is 1.11 bits per heavy atom. The van der Waals surface area contributed by atoms with E-state index in [4.69, 9.17) is 9.16 Å². The first-order chi connectivity index (χ1) is 17.5. The van der Waals surface area contributed by atoms with Gasteiger partial charge in [-0.1, -0.05) is 0 Å². The van der Waals surface area contributed by atoms with Gasteiger partial charge in [0.1, 0.15) is 0 Å². The molecule has 1 aromatic carbocycles. The number of unbranched alkanes of at least 4 members (excludes halogenated alkanes) is 1. The molecule has 0 bridgehead atoms. The normalized spacial score (nSPS) is 17.5. The first-order valence-corrected chi connectivity index (χ1v) is 18.5. The molecule has 1 aliphatic rings. The number of hydrogen-bond donors (Lipinski definition) is 1. The van der Waals surface area contributed by atoms with Gasteiger partial charge in [-0.15, -0.1) is 0 Å². The molecule has 1 unspecified atom stereocenters. The number of fused-ring (bicyclic) bond motifs is 1. The van der Waals surface area contributed by atoms with E-state index in [0.29, 0.717) is 0 Å². The average Bonchev–Trinajstić information content (AvgIpc) is 2.80. The number of aromatic nitrogens is 1. The summed E-state index contributed by atoms with van der Waals surface area (Å²) in [6, 6.07) is 8.11. The summed E-state index contributed by atoms with van der Waals surface area (Å²) in [7, 11) is -2.05. The second-order valence-electron chi connectivity index (χ2n) is 13.5. The summed E-state index contributed by atoms with van der Waals surface area (Å²) in [5.74, 6) is -0.0710. The van der Waals surface area contributed by atoms with Gasteiger partial charge in [-0.25, -0.2) is 0 Å². The van der Waals surface area contributed by atoms with Crippen LogP contribution in [0.2, 0.25) is 18.1 Å². The van der Waals surface area contributed by atoms with Crippen LogP contribution < -0.4 is 13.8 Å². The molecule has 0 radical (unpaired) electrons. The number of rotatable bonds is 10. The standard InChI is InChI=1S/C31H47NO4SeSi/c1-11-12-13-27(36-38(9,10)29(2,3)4)35-24-18-22-23(31(7,8)17-16-30(22,5)6)19-25(24)37-26-15-14-21(20-32-26)28(33)34/h14-15,18-20,27H,11-13,16-17H2,1-10H3,(H,33,34). The van der Waals surface area contributed by atoms with Crippen molar-refractivity contribution >= 4 is 38.3 Å². The Labute approximate surface area is 237 Å². The quantitative estimate of drug-likeness (QED) is 0.242. The van der Waals surface area contributed by atoms with Gasteiger partial charge in [-0.2, -0.15) is 0 Å². The Morgan fingerprint density at radius 2 is 1.71 bits per heavy atom. The average molecular weight is 605 g/mol. The monoisotopic (exact) mass is 605 g/mol. The molecule has 38 heavy (non-hydrogen) atoms. The number of nitrogens with zero attached hydrogens (tertiary/aromatic N) is 1. The van der Waals surface area contributed by atoms with Crippen molar-refractivity contribution in [1.82, 2.24) is 4.98 Å². The SMILES string of the molecule is CCCCC(Oc1cc2c(cc1[Se]c1ccc(C(=O)O)cn1)C(C)(C)CCC2(C)C)O[Si](C)(C)C(C)(C)C. The number of carboxylic acid groups (broad SMARTS) is 1. The van der Waals surface area contributed by atoms with Crippen LogP contribution >= 0.6 is 0 Å². The minimum absolute atomic E-state index is 0.0646. The number of hydrogen-bond acceptors (Lipinski definition) is 4. The Morgan fingerprint density at radius 3 is 2.21 bits per heavy atom.